The van der Waals surface area contributed by atoms with Crippen LogP contribution in [0, 0.1) is 0 Å². The number of nitrogens with zero attached hydrogens (tertiary/aromatic N) is 5. The number of carbonyl (C=O) groups is 1. The Labute approximate surface area is 211 Å². The number of rotatable bonds is 7. The molecule has 1 aliphatic heterocycles. The maximum absolute atomic E-state index is 13.1. The highest BCUT2D eigenvalue weighted by atomic mass is 19.4. The van der Waals surface area contributed by atoms with Crippen molar-refractivity contribution in [2.75, 3.05) is 43.0 Å². The Kier molecular flexibility index (Phi) is 8.80. The van der Waals surface area contributed by atoms with E-state index in [-0.39, 0.29) is 32.1 Å². The molecule has 3 rings (SSSR count). The van der Waals surface area contributed by atoms with Gasteiger partial charge in [-0.15, -0.1) is 0 Å². The molecule has 1 fully saturated rings. The Bertz CT molecular complexity index is 1190. The summed E-state index contributed by atoms with van der Waals surface area (Å²) in [5, 5.41) is 20.0. The number of H-pyrrole nitrogens is 1. The molecule has 0 aromatic carbocycles. The van der Waals surface area contributed by atoms with Gasteiger partial charge in [-0.3, -0.25) is 4.79 Å². The summed E-state index contributed by atoms with van der Waals surface area (Å²) in [6.07, 6.45) is -4.34. The minimum Gasteiger partial charge on any atom is -0.394 e. The van der Waals surface area contributed by atoms with Crippen molar-refractivity contribution in [2.24, 2.45) is 0 Å². The SMILES string of the molecule is C[C@@H](/C=C/CNC(=O)N1CCN(c2ncc(C(F)(F)F)cn2)[C@H](CO)C1)Nc1cn[nH]c(=O)c1C(F)(F)F. The van der Waals surface area contributed by atoms with Gasteiger partial charge in [-0.05, 0) is 6.92 Å². The number of hydrogen-bond donors (Lipinski definition) is 4. The number of alkyl halides is 6. The van der Waals surface area contributed by atoms with E-state index in [1.165, 1.54) is 28.9 Å². The molecule has 38 heavy (non-hydrogen) atoms. The van der Waals surface area contributed by atoms with Gasteiger partial charge in [0.2, 0.25) is 5.95 Å². The summed E-state index contributed by atoms with van der Waals surface area (Å²) < 4.78 is 77.6. The van der Waals surface area contributed by atoms with Crippen LogP contribution in [0.4, 0.5) is 42.8 Å². The summed E-state index contributed by atoms with van der Waals surface area (Å²) >= 11 is 0. The standard InChI is InChI=1S/C21H24F6N8O3/c1-12(32-15-9-31-33-17(37)16(15)21(25,26)27)3-2-4-28-19(38)34-5-6-35(14(10-34)11-36)18-29-7-13(8-30-18)20(22,23)24/h2-3,7-9,12,14,36H,4-6,10-11H2,1H3,(H,28,38)(H2,32,33,37)/b3-2+/t12-,14-/m0/s1. The van der Waals surface area contributed by atoms with Crippen LogP contribution in [0.3, 0.4) is 0 Å². The number of hydrogen-bond acceptors (Lipinski definition) is 8. The molecular formula is C21H24F6N8O3. The highest BCUT2D eigenvalue weighted by Gasteiger charge is 2.37. The van der Waals surface area contributed by atoms with Crippen molar-refractivity contribution in [3.8, 4) is 0 Å². The molecule has 0 bridgehead atoms. The molecule has 0 aliphatic carbocycles. The molecule has 0 spiro atoms. The monoisotopic (exact) mass is 550 g/mol. The second-order valence-corrected chi connectivity index (χ2v) is 8.28. The van der Waals surface area contributed by atoms with Crippen LogP contribution in [0.2, 0.25) is 0 Å². The third kappa shape index (κ3) is 7.11. The minimum absolute atomic E-state index is 0.00850. The van der Waals surface area contributed by atoms with Crippen molar-refractivity contribution in [1.82, 2.24) is 30.4 Å². The van der Waals surface area contributed by atoms with Gasteiger partial charge in [-0.1, -0.05) is 12.2 Å². The summed E-state index contributed by atoms with van der Waals surface area (Å²) in [7, 11) is 0. The molecule has 17 heteroatoms. The number of piperazine rings is 1. The van der Waals surface area contributed by atoms with E-state index in [1.807, 2.05) is 0 Å². The Morgan fingerprint density at radius 1 is 1.18 bits per heavy atom. The van der Waals surface area contributed by atoms with Crippen molar-refractivity contribution >= 4 is 17.7 Å². The fourth-order valence-corrected chi connectivity index (χ4v) is 3.69. The number of anilines is 2. The van der Waals surface area contributed by atoms with Gasteiger partial charge in [0.15, 0.2) is 0 Å². The Hall–Kier alpha value is -3.89. The van der Waals surface area contributed by atoms with Crippen LogP contribution in [0.1, 0.15) is 18.1 Å². The lowest BCUT2D eigenvalue weighted by atomic mass is 10.2. The highest BCUT2D eigenvalue weighted by Crippen LogP contribution is 2.32. The Morgan fingerprint density at radius 3 is 2.47 bits per heavy atom. The topological polar surface area (TPSA) is 139 Å². The van der Waals surface area contributed by atoms with E-state index in [0.29, 0.717) is 12.4 Å². The van der Waals surface area contributed by atoms with Crippen LogP contribution in [0.25, 0.3) is 0 Å². The molecule has 0 saturated carbocycles. The lowest BCUT2D eigenvalue weighted by Crippen LogP contribution is -2.58. The molecule has 3 heterocycles. The van der Waals surface area contributed by atoms with Gasteiger partial charge in [-0.25, -0.2) is 19.9 Å². The first-order valence-electron chi connectivity index (χ1n) is 11.2. The van der Waals surface area contributed by atoms with E-state index in [0.717, 1.165) is 6.20 Å². The van der Waals surface area contributed by atoms with E-state index in [2.05, 4.69) is 25.7 Å². The van der Waals surface area contributed by atoms with Gasteiger partial charge in [0.25, 0.3) is 5.56 Å². The summed E-state index contributed by atoms with van der Waals surface area (Å²) in [6, 6.07) is -1.79. The maximum Gasteiger partial charge on any atom is 0.423 e. The molecule has 4 N–H and O–H groups in total. The number of aliphatic hydroxyl groups is 1. The average molecular weight is 550 g/mol. The number of urea groups is 1. The molecule has 2 amide bonds. The first-order valence-corrected chi connectivity index (χ1v) is 11.2. The maximum atomic E-state index is 13.1. The van der Waals surface area contributed by atoms with Crippen LogP contribution >= 0.6 is 0 Å². The first-order chi connectivity index (χ1) is 17.8. The zero-order valence-corrected chi connectivity index (χ0v) is 19.8. The molecular weight excluding hydrogens is 526 g/mol. The number of halogens is 6. The van der Waals surface area contributed by atoms with Gasteiger partial charge in [-0.2, -0.15) is 31.4 Å². The number of nitrogens with one attached hydrogen (secondary N) is 3. The van der Waals surface area contributed by atoms with Gasteiger partial charge in [0.05, 0.1) is 30.1 Å². The molecule has 2 aromatic heterocycles. The molecule has 2 aromatic rings. The van der Waals surface area contributed by atoms with Crippen LogP contribution < -0.4 is 21.1 Å². The summed E-state index contributed by atoms with van der Waals surface area (Å²) in [6.45, 7) is 1.53. The van der Waals surface area contributed by atoms with E-state index >= 15 is 0 Å². The van der Waals surface area contributed by atoms with Crippen molar-refractivity contribution < 1.29 is 36.2 Å². The third-order valence-corrected chi connectivity index (χ3v) is 5.52. The average Bonchev–Trinajstić information content (AvgIpc) is 2.85. The number of carbonyl (C=O) groups excluding carboxylic acids is 1. The van der Waals surface area contributed by atoms with Gasteiger partial charge >= 0.3 is 18.4 Å². The lowest BCUT2D eigenvalue weighted by Gasteiger charge is -2.40. The number of aromatic nitrogens is 4. The molecule has 2 atom stereocenters. The molecule has 0 unspecified atom stereocenters. The predicted molar refractivity (Wildman–Crippen MR) is 122 cm³/mol. The number of amides is 2. The second kappa shape index (κ2) is 11.7. The Morgan fingerprint density at radius 2 is 1.87 bits per heavy atom. The largest absolute Gasteiger partial charge is 0.423 e. The van der Waals surface area contributed by atoms with Crippen LogP contribution in [0.15, 0.2) is 35.5 Å². The van der Waals surface area contributed by atoms with Crippen molar-refractivity contribution in [3.63, 3.8) is 0 Å². The van der Waals surface area contributed by atoms with Crippen LogP contribution in [-0.2, 0) is 12.4 Å². The first kappa shape index (κ1) is 28.7. The van der Waals surface area contributed by atoms with Crippen LogP contribution in [0.5, 0.6) is 0 Å². The van der Waals surface area contributed by atoms with Crippen molar-refractivity contribution in [1.29, 1.82) is 0 Å². The van der Waals surface area contributed by atoms with E-state index in [4.69, 9.17) is 0 Å². The highest BCUT2D eigenvalue weighted by molar-refractivity contribution is 5.74. The summed E-state index contributed by atoms with van der Waals surface area (Å²) in [4.78, 5) is 34.4. The van der Waals surface area contributed by atoms with E-state index in [9.17, 15) is 41.0 Å². The fourth-order valence-electron chi connectivity index (χ4n) is 3.69. The van der Waals surface area contributed by atoms with Crippen LogP contribution in [-0.4, -0.2) is 81.1 Å². The molecule has 1 saturated heterocycles. The number of aliphatic hydroxyl groups excluding tert-OH is 1. The summed E-state index contributed by atoms with van der Waals surface area (Å²) in [5.41, 5.74) is -4.28. The molecule has 1 aliphatic rings. The van der Waals surface area contributed by atoms with Gasteiger partial charge < -0.3 is 25.5 Å². The fraction of sp³-hybridized carbons (Fsp3) is 0.476. The third-order valence-electron chi connectivity index (χ3n) is 5.52. The minimum atomic E-state index is -4.88. The molecule has 208 valence electrons. The molecule has 11 nitrogen and oxygen atoms in total. The lowest BCUT2D eigenvalue weighted by molar-refractivity contribution is -0.139. The van der Waals surface area contributed by atoms with Gasteiger partial charge in [0, 0.05) is 44.6 Å². The summed E-state index contributed by atoms with van der Waals surface area (Å²) in [5.74, 6) is -0.00850. The molecule has 0 radical (unpaired) electrons. The normalized spacial score (nSPS) is 17.5. The van der Waals surface area contributed by atoms with E-state index in [1.54, 1.807) is 5.10 Å². The van der Waals surface area contributed by atoms with Crippen molar-refractivity contribution in [2.45, 2.75) is 31.4 Å². The van der Waals surface area contributed by atoms with Gasteiger partial charge in [0.1, 0.15) is 5.56 Å². The smallest absolute Gasteiger partial charge is 0.394 e. The second-order valence-electron chi connectivity index (χ2n) is 8.28. The van der Waals surface area contributed by atoms with E-state index < -0.39 is 59.4 Å². The number of aromatic amines is 1. The predicted octanol–water partition coefficient (Wildman–Crippen LogP) is 1.85. The zero-order chi connectivity index (χ0) is 28.1. The van der Waals surface area contributed by atoms with Crippen molar-refractivity contribution in [3.05, 3.63) is 52.2 Å². The zero-order valence-electron chi connectivity index (χ0n) is 19.8. The quantitative estimate of drug-likeness (QED) is 0.303. The Balaban J connectivity index is 1.52.